The second-order valence-corrected chi connectivity index (χ2v) is 15.2. The van der Waals surface area contributed by atoms with Crippen molar-refractivity contribution in [3.8, 4) is 0 Å². The van der Waals surface area contributed by atoms with Crippen LogP contribution in [-0.4, -0.2) is 37.9 Å². The SMILES string of the molecule is CC/C=C\C/C=C\C/C=C\C/C=C\C/C=C\CCCC(=O)OCC(COCCCCCCCC/C=C\CCCCCC)OC(=O)CC/C=C\C/C=C\C/C=C\C/C=C\CC. The summed E-state index contributed by atoms with van der Waals surface area (Å²) in [5.74, 6) is -0.572. The molecule has 0 radical (unpaired) electrons. The Kier molecular flexibility index (Phi) is 46.6. The minimum Gasteiger partial charge on any atom is -0.462 e. The number of esters is 2. The summed E-state index contributed by atoms with van der Waals surface area (Å²) in [4.78, 5) is 25.3. The zero-order valence-corrected chi connectivity index (χ0v) is 38.7. The van der Waals surface area contributed by atoms with Gasteiger partial charge in [-0.15, -0.1) is 0 Å². The van der Waals surface area contributed by atoms with Crippen LogP contribution in [0, 0.1) is 0 Å². The highest BCUT2D eigenvalue weighted by Gasteiger charge is 2.17. The van der Waals surface area contributed by atoms with Gasteiger partial charge in [0.2, 0.25) is 0 Å². The Morgan fingerprint density at radius 2 is 0.783 bits per heavy atom. The van der Waals surface area contributed by atoms with E-state index in [0.29, 0.717) is 19.4 Å². The van der Waals surface area contributed by atoms with E-state index in [-0.39, 0.29) is 31.6 Å². The lowest BCUT2D eigenvalue weighted by atomic mass is 10.1. The summed E-state index contributed by atoms with van der Waals surface area (Å²) in [6, 6.07) is 0. The van der Waals surface area contributed by atoms with Crippen LogP contribution in [0.3, 0.4) is 0 Å². The third-order valence-corrected chi connectivity index (χ3v) is 9.48. The van der Waals surface area contributed by atoms with Gasteiger partial charge in [-0.2, -0.15) is 0 Å². The van der Waals surface area contributed by atoms with E-state index in [1.807, 2.05) is 6.08 Å². The molecule has 0 aromatic rings. The topological polar surface area (TPSA) is 61.8 Å². The monoisotopic (exact) mass is 829 g/mol. The Morgan fingerprint density at radius 1 is 0.383 bits per heavy atom. The van der Waals surface area contributed by atoms with E-state index < -0.39 is 6.10 Å². The molecular formula is C55H88O5. The first-order chi connectivity index (χ1) is 29.6. The predicted molar refractivity (Wildman–Crippen MR) is 260 cm³/mol. The van der Waals surface area contributed by atoms with Gasteiger partial charge in [0.1, 0.15) is 6.61 Å². The van der Waals surface area contributed by atoms with Crippen molar-refractivity contribution < 1.29 is 23.8 Å². The molecule has 0 aromatic heterocycles. The Balaban J connectivity index is 4.48. The molecule has 0 aromatic carbocycles. The number of hydrogen-bond acceptors (Lipinski definition) is 5. The van der Waals surface area contributed by atoms with Crippen molar-refractivity contribution in [3.63, 3.8) is 0 Å². The first-order valence-electron chi connectivity index (χ1n) is 24.1. The molecule has 0 aliphatic carbocycles. The Bertz CT molecular complexity index is 1260. The van der Waals surface area contributed by atoms with Crippen LogP contribution in [0.15, 0.2) is 122 Å². The van der Waals surface area contributed by atoms with Crippen molar-refractivity contribution in [2.45, 2.75) is 194 Å². The van der Waals surface area contributed by atoms with E-state index in [9.17, 15) is 9.59 Å². The lowest BCUT2D eigenvalue weighted by Crippen LogP contribution is -2.30. The van der Waals surface area contributed by atoms with Crippen molar-refractivity contribution in [3.05, 3.63) is 122 Å². The highest BCUT2D eigenvalue weighted by molar-refractivity contribution is 5.70. The predicted octanol–water partition coefficient (Wildman–Crippen LogP) is 16.2. The molecule has 1 atom stereocenters. The zero-order valence-electron chi connectivity index (χ0n) is 38.7. The summed E-state index contributed by atoms with van der Waals surface area (Å²) < 4.78 is 17.2. The summed E-state index contributed by atoms with van der Waals surface area (Å²) >= 11 is 0. The fourth-order valence-corrected chi connectivity index (χ4v) is 5.96. The molecule has 338 valence electrons. The van der Waals surface area contributed by atoms with Gasteiger partial charge < -0.3 is 14.2 Å². The molecule has 1 unspecified atom stereocenters. The van der Waals surface area contributed by atoms with Crippen LogP contribution < -0.4 is 0 Å². The van der Waals surface area contributed by atoms with Crippen LogP contribution in [0.4, 0.5) is 0 Å². The maximum absolute atomic E-state index is 12.7. The third kappa shape index (κ3) is 47.0. The molecule has 0 amide bonds. The molecule has 0 bridgehead atoms. The van der Waals surface area contributed by atoms with E-state index in [4.69, 9.17) is 14.2 Å². The minimum absolute atomic E-state index is 0.0173. The van der Waals surface area contributed by atoms with Crippen LogP contribution in [0.2, 0.25) is 0 Å². The lowest BCUT2D eigenvalue weighted by Gasteiger charge is -2.18. The van der Waals surface area contributed by atoms with Crippen molar-refractivity contribution in [1.29, 1.82) is 0 Å². The molecule has 0 aliphatic rings. The molecule has 0 saturated carbocycles. The molecule has 0 spiro atoms. The van der Waals surface area contributed by atoms with Crippen molar-refractivity contribution in [2.24, 2.45) is 0 Å². The number of carbonyl (C=O) groups is 2. The summed E-state index contributed by atoms with van der Waals surface area (Å²) in [5.41, 5.74) is 0. The number of unbranched alkanes of at least 4 members (excludes halogenated alkanes) is 11. The first-order valence-corrected chi connectivity index (χ1v) is 24.1. The van der Waals surface area contributed by atoms with Gasteiger partial charge in [0.05, 0.1) is 6.61 Å². The summed E-state index contributed by atoms with van der Waals surface area (Å²) in [7, 11) is 0. The maximum Gasteiger partial charge on any atom is 0.306 e. The van der Waals surface area contributed by atoms with Gasteiger partial charge in [0.25, 0.3) is 0 Å². The second kappa shape index (κ2) is 49.7. The van der Waals surface area contributed by atoms with Crippen LogP contribution in [0.5, 0.6) is 0 Å². The fourth-order valence-electron chi connectivity index (χ4n) is 5.96. The van der Waals surface area contributed by atoms with Gasteiger partial charge in [-0.25, -0.2) is 0 Å². The van der Waals surface area contributed by atoms with Crippen LogP contribution in [0.1, 0.15) is 188 Å². The smallest absolute Gasteiger partial charge is 0.306 e. The van der Waals surface area contributed by atoms with E-state index in [1.54, 1.807) is 0 Å². The molecule has 5 nitrogen and oxygen atoms in total. The number of ether oxygens (including phenoxy) is 3. The van der Waals surface area contributed by atoms with E-state index in [2.05, 4.69) is 136 Å². The van der Waals surface area contributed by atoms with Crippen molar-refractivity contribution >= 4 is 11.9 Å². The Morgan fingerprint density at radius 3 is 1.28 bits per heavy atom. The van der Waals surface area contributed by atoms with Crippen molar-refractivity contribution in [1.82, 2.24) is 0 Å². The molecule has 5 heteroatoms. The number of rotatable bonds is 42. The average Bonchev–Trinajstić information content (AvgIpc) is 3.25. The van der Waals surface area contributed by atoms with Gasteiger partial charge in [-0.05, 0) is 109 Å². The molecule has 60 heavy (non-hydrogen) atoms. The van der Waals surface area contributed by atoms with Crippen LogP contribution in [-0.2, 0) is 23.8 Å². The first kappa shape index (κ1) is 56.3. The van der Waals surface area contributed by atoms with Gasteiger partial charge in [-0.1, -0.05) is 187 Å². The normalized spacial score (nSPS) is 13.3. The molecule has 0 rings (SSSR count). The highest BCUT2D eigenvalue weighted by atomic mass is 16.6. The molecule has 0 aliphatic heterocycles. The molecule has 0 saturated heterocycles. The molecule has 0 heterocycles. The number of allylic oxidation sites excluding steroid dienone is 20. The summed E-state index contributed by atoms with van der Waals surface area (Å²) in [5, 5.41) is 0. The number of carbonyl (C=O) groups excluding carboxylic acids is 2. The third-order valence-electron chi connectivity index (χ3n) is 9.48. The Labute approximate surface area is 369 Å². The molecular weight excluding hydrogens is 741 g/mol. The molecule has 0 N–H and O–H groups in total. The quantitative estimate of drug-likeness (QED) is 0.0348. The zero-order chi connectivity index (χ0) is 43.5. The van der Waals surface area contributed by atoms with Crippen LogP contribution in [0.25, 0.3) is 0 Å². The average molecular weight is 829 g/mol. The summed E-state index contributed by atoms with van der Waals surface area (Å²) in [6.45, 7) is 7.41. The standard InChI is InChI=1S/C55H88O5/c1-4-7-10-13-16-19-22-25-27-28-29-31-33-36-39-42-45-48-54(56)59-52-53(51-58-50-47-44-41-38-35-32-26-23-20-17-14-11-8-5-2)60-55(57)49-46-43-40-37-34-30-24-21-18-15-12-9-6-3/h7,9-10,12,16,18-21,23,25,27,29-31,34,36,39-40,43,53H,4-6,8,11,13-15,17,22,24,26,28,32-33,35,37-38,41-42,44-52H2,1-3H3/b10-7-,12-9-,19-16-,21-18-,23-20-,27-25-,31-29-,34-30-,39-36-,43-40-. The van der Waals surface area contributed by atoms with Gasteiger partial charge in [0, 0.05) is 19.4 Å². The highest BCUT2D eigenvalue weighted by Crippen LogP contribution is 2.10. The lowest BCUT2D eigenvalue weighted by molar-refractivity contribution is -0.162. The second-order valence-electron chi connectivity index (χ2n) is 15.2. The summed E-state index contributed by atoms with van der Waals surface area (Å²) in [6.07, 6.45) is 69.3. The largest absolute Gasteiger partial charge is 0.462 e. The van der Waals surface area contributed by atoms with E-state index in [1.165, 1.54) is 64.2 Å². The van der Waals surface area contributed by atoms with Crippen LogP contribution >= 0.6 is 0 Å². The Hall–Kier alpha value is -3.70. The van der Waals surface area contributed by atoms with Gasteiger partial charge >= 0.3 is 11.9 Å². The maximum atomic E-state index is 12.7. The molecule has 0 fully saturated rings. The van der Waals surface area contributed by atoms with Gasteiger partial charge in [0.15, 0.2) is 6.10 Å². The van der Waals surface area contributed by atoms with E-state index >= 15 is 0 Å². The minimum atomic E-state index is -0.607. The van der Waals surface area contributed by atoms with E-state index in [0.717, 1.165) is 83.5 Å². The fraction of sp³-hybridized carbons (Fsp3) is 0.600. The van der Waals surface area contributed by atoms with Crippen molar-refractivity contribution in [2.75, 3.05) is 19.8 Å². The van der Waals surface area contributed by atoms with Gasteiger partial charge in [-0.3, -0.25) is 9.59 Å². The number of hydrogen-bond donors (Lipinski definition) is 0.